The number of carbonyl (C=O) groups is 2. The molecule has 1 N–H and O–H groups in total. The molecule has 2 unspecified atom stereocenters. The lowest BCUT2D eigenvalue weighted by Gasteiger charge is -2.24. The van der Waals surface area contributed by atoms with Crippen LogP contribution in [0.4, 0.5) is 0 Å². The van der Waals surface area contributed by atoms with Gasteiger partial charge >= 0.3 is 5.97 Å². The highest BCUT2D eigenvalue weighted by atomic mass is 32.2. The van der Waals surface area contributed by atoms with Crippen LogP contribution in [0.5, 0.6) is 0 Å². The van der Waals surface area contributed by atoms with Gasteiger partial charge in [0.1, 0.15) is 12.4 Å². The summed E-state index contributed by atoms with van der Waals surface area (Å²) in [5, 5.41) is 17.7. The standard InChI is InChI=1S/C12H16N4O3S2/c1-7-16(9(4-20-7)11(18)19)10(17)5-21-12-14-13-6-15(12)8-2-3-8/h6-9H,2-5H2,1H3,(H,18,19). The quantitative estimate of drug-likeness (QED) is 0.809. The Balaban J connectivity index is 1.63. The number of rotatable bonds is 5. The molecule has 9 heteroatoms. The molecule has 2 fully saturated rings. The highest BCUT2D eigenvalue weighted by molar-refractivity contribution is 8.00. The van der Waals surface area contributed by atoms with Crippen molar-refractivity contribution in [2.24, 2.45) is 0 Å². The average molecular weight is 328 g/mol. The Kier molecular flexibility index (Phi) is 4.12. The lowest BCUT2D eigenvalue weighted by molar-refractivity contribution is -0.147. The van der Waals surface area contributed by atoms with E-state index in [0.29, 0.717) is 11.8 Å². The largest absolute Gasteiger partial charge is 0.480 e. The number of amides is 1. The van der Waals surface area contributed by atoms with Crippen molar-refractivity contribution in [2.45, 2.75) is 42.4 Å². The maximum atomic E-state index is 12.3. The molecule has 1 aromatic heterocycles. The molecular formula is C12H16N4O3S2. The number of carboxylic acid groups (broad SMARTS) is 1. The maximum Gasteiger partial charge on any atom is 0.327 e. The van der Waals surface area contributed by atoms with Crippen molar-refractivity contribution in [2.75, 3.05) is 11.5 Å². The Hall–Kier alpha value is -1.22. The molecule has 0 aromatic carbocycles. The number of hydrogen-bond acceptors (Lipinski definition) is 6. The van der Waals surface area contributed by atoms with Crippen LogP contribution in [0.2, 0.25) is 0 Å². The van der Waals surface area contributed by atoms with Gasteiger partial charge in [-0.1, -0.05) is 11.8 Å². The number of thioether (sulfide) groups is 2. The van der Waals surface area contributed by atoms with E-state index in [1.165, 1.54) is 28.4 Å². The zero-order chi connectivity index (χ0) is 15.0. The van der Waals surface area contributed by atoms with Crippen molar-refractivity contribution in [1.82, 2.24) is 19.7 Å². The normalized spacial score (nSPS) is 25.3. The molecule has 114 valence electrons. The van der Waals surface area contributed by atoms with Crippen LogP contribution in [-0.2, 0) is 9.59 Å². The van der Waals surface area contributed by atoms with Crippen molar-refractivity contribution in [3.63, 3.8) is 0 Å². The molecule has 1 aliphatic carbocycles. The zero-order valence-corrected chi connectivity index (χ0v) is 13.1. The van der Waals surface area contributed by atoms with Gasteiger partial charge in [0.05, 0.1) is 11.1 Å². The minimum absolute atomic E-state index is 0.0968. The first-order valence-corrected chi connectivity index (χ1v) is 8.79. The molecule has 1 aliphatic heterocycles. The first-order chi connectivity index (χ1) is 10.1. The summed E-state index contributed by atoms with van der Waals surface area (Å²) in [6, 6.07) is -0.259. The summed E-state index contributed by atoms with van der Waals surface area (Å²) in [6.07, 6.45) is 3.94. The van der Waals surface area contributed by atoms with Crippen molar-refractivity contribution in [3.8, 4) is 0 Å². The van der Waals surface area contributed by atoms with E-state index in [9.17, 15) is 14.7 Å². The number of aromatic nitrogens is 3. The van der Waals surface area contributed by atoms with Gasteiger partial charge in [0, 0.05) is 11.8 Å². The van der Waals surface area contributed by atoms with E-state index in [1.54, 1.807) is 6.33 Å². The van der Waals surface area contributed by atoms with Crippen molar-refractivity contribution in [3.05, 3.63) is 6.33 Å². The summed E-state index contributed by atoms with van der Waals surface area (Å²) in [7, 11) is 0. The number of carboxylic acids is 1. The molecular weight excluding hydrogens is 312 g/mol. The minimum Gasteiger partial charge on any atom is -0.480 e. The van der Waals surface area contributed by atoms with Gasteiger partial charge in [-0.3, -0.25) is 4.79 Å². The first kappa shape index (κ1) is 14.7. The predicted molar refractivity (Wildman–Crippen MR) is 79.2 cm³/mol. The van der Waals surface area contributed by atoms with Crippen LogP contribution in [0, 0.1) is 0 Å². The average Bonchev–Trinajstić information content (AvgIpc) is 3.05. The third kappa shape index (κ3) is 3.03. The lowest BCUT2D eigenvalue weighted by atomic mass is 10.3. The summed E-state index contributed by atoms with van der Waals surface area (Å²) in [5.41, 5.74) is 0. The zero-order valence-electron chi connectivity index (χ0n) is 11.5. The fraction of sp³-hybridized carbons (Fsp3) is 0.667. The van der Waals surface area contributed by atoms with Crippen LogP contribution < -0.4 is 0 Å². The first-order valence-electron chi connectivity index (χ1n) is 6.76. The SMILES string of the molecule is CC1SCC(C(=O)O)N1C(=O)CSc1nncn1C1CC1. The van der Waals surface area contributed by atoms with E-state index >= 15 is 0 Å². The number of nitrogens with zero attached hydrogens (tertiary/aromatic N) is 4. The summed E-state index contributed by atoms with van der Waals surface area (Å²) < 4.78 is 1.99. The molecule has 2 aliphatic rings. The van der Waals surface area contributed by atoms with Crippen molar-refractivity contribution in [1.29, 1.82) is 0 Å². The molecule has 0 bridgehead atoms. The summed E-state index contributed by atoms with van der Waals surface area (Å²) >= 11 is 2.82. The number of hydrogen-bond donors (Lipinski definition) is 1. The molecule has 1 amide bonds. The van der Waals surface area contributed by atoms with E-state index in [0.717, 1.165) is 18.0 Å². The molecule has 0 spiro atoms. The molecule has 21 heavy (non-hydrogen) atoms. The lowest BCUT2D eigenvalue weighted by Crippen LogP contribution is -2.45. The summed E-state index contributed by atoms with van der Waals surface area (Å²) in [6.45, 7) is 1.86. The van der Waals surface area contributed by atoms with E-state index in [-0.39, 0.29) is 17.0 Å². The van der Waals surface area contributed by atoms with Crippen molar-refractivity contribution < 1.29 is 14.7 Å². The summed E-state index contributed by atoms with van der Waals surface area (Å²) in [4.78, 5) is 25.0. The third-order valence-electron chi connectivity index (χ3n) is 3.60. The van der Waals surface area contributed by atoms with Gasteiger partial charge in [0.25, 0.3) is 0 Å². The Morgan fingerprint density at radius 3 is 2.95 bits per heavy atom. The van der Waals surface area contributed by atoms with Crippen LogP contribution in [-0.4, -0.2) is 59.6 Å². The third-order valence-corrected chi connectivity index (χ3v) is 5.76. The molecule has 2 heterocycles. The molecule has 1 saturated carbocycles. The Morgan fingerprint density at radius 1 is 1.52 bits per heavy atom. The second-order valence-corrected chi connectivity index (χ2v) is 7.42. The van der Waals surface area contributed by atoms with Gasteiger partial charge in [-0.15, -0.1) is 22.0 Å². The Labute approximate surface area is 130 Å². The van der Waals surface area contributed by atoms with Crippen LogP contribution in [0.15, 0.2) is 11.5 Å². The van der Waals surface area contributed by atoms with Crippen molar-refractivity contribution >= 4 is 35.4 Å². The molecule has 1 aromatic rings. The fourth-order valence-electron chi connectivity index (χ4n) is 2.35. The van der Waals surface area contributed by atoms with Gasteiger partial charge in [-0.25, -0.2) is 4.79 Å². The van der Waals surface area contributed by atoms with Gasteiger partial charge in [0.15, 0.2) is 5.16 Å². The monoisotopic (exact) mass is 328 g/mol. The Bertz CT molecular complexity index is 560. The van der Waals surface area contributed by atoms with E-state index in [1.807, 2.05) is 11.5 Å². The molecule has 0 radical (unpaired) electrons. The van der Waals surface area contributed by atoms with Gasteiger partial charge in [-0.2, -0.15) is 0 Å². The smallest absolute Gasteiger partial charge is 0.327 e. The second kappa shape index (κ2) is 5.88. The van der Waals surface area contributed by atoms with Crippen LogP contribution in [0.25, 0.3) is 0 Å². The Morgan fingerprint density at radius 2 is 2.29 bits per heavy atom. The molecule has 1 saturated heterocycles. The number of carbonyl (C=O) groups excluding carboxylic acids is 1. The fourth-order valence-corrected chi connectivity index (χ4v) is 4.39. The van der Waals surface area contributed by atoms with Gasteiger partial charge in [-0.05, 0) is 19.8 Å². The van der Waals surface area contributed by atoms with E-state index in [2.05, 4.69) is 10.2 Å². The molecule has 7 nitrogen and oxygen atoms in total. The predicted octanol–water partition coefficient (Wildman–Crippen LogP) is 1.08. The molecule has 3 rings (SSSR count). The molecule has 2 atom stereocenters. The van der Waals surface area contributed by atoms with E-state index in [4.69, 9.17) is 0 Å². The van der Waals surface area contributed by atoms with Crippen LogP contribution in [0.1, 0.15) is 25.8 Å². The highest BCUT2D eigenvalue weighted by Gasteiger charge is 2.39. The topological polar surface area (TPSA) is 88.3 Å². The van der Waals surface area contributed by atoms with Crippen LogP contribution in [0.3, 0.4) is 0 Å². The van der Waals surface area contributed by atoms with Gasteiger partial charge in [0.2, 0.25) is 5.91 Å². The van der Waals surface area contributed by atoms with E-state index < -0.39 is 12.0 Å². The summed E-state index contributed by atoms with van der Waals surface area (Å²) in [5.74, 6) is -0.452. The number of aliphatic carboxylic acids is 1. The van der Waals surface area contributed by atoms with Crippen LogP contribution >= 0.6 is 23.5 Å². The van der Waals surface area contributed by atoms with Gasteiger partial charge < -0.3 is 14.6 Å². The second-order valence-electron chi connectivity index (χ2n) is 5.13. The minimum atomic E-state index is -0.939. The highest BCUT2D eigenvalue weighted by Crippen LogP contribution is 2.37. The maximum absolute atomic E-state index is 12.3.